The molecule has 0 heterocycles. The van der Waals surface area contributed by atoms with Crippen LogP contribution in [0.25, 0.3) is 0 Å². The topological polar surface area (TPSA) is 36.9 Å². The number of ether oxygens (including phenoxy) is 2. The molecule has 0 aromatic rings. The molecule has 0 rings (SSSR count). The predicted molar refractivity (Wildman–Crippen MR) is 85.3 cm³/mol. The van der Waals surface area contributed by atoms with E-state index in [0.717, 1.165) is 17.2 Å². The minimum Gasteiger partial charge on any atom is -0.392 e. The summed E-state index contributed by atoms with van der Waals surface area (Å²) in [6.07, 6.45) is 0. The molecule has 0 bridgehead atoms. The first-order chi connectivity index (χ1) is 9.39. The van der Waals surface area contributed by atoms with Crippen LogP contribution in [0.1, 0.15) is 20.8 Å². The number of hydrogen-bond donors (Lipinski definition) is 0. The van der Waals surface area contributed by atoms with E-state index in [1.165, 1.54) is 0 Å². The van der Waals surface area contributed by atoms with E-state index in [4.69, 9.17) is 18.3 Å². The third kappa shape index (κ3) is 11.4. The Morgan fingerprint density at radius 1 is 0.850 bits per heavy atom. The Morgan fingerprint density at radius 2 is 1.25 bits per heavy atom. The van der Waals surface area contributed by atoms with Crippen molar-refractivity contribution in [1.82, 2.24) is 0 Å². The summed E-state index contributed by atoms with van der Waals surface area (Å²) in [5.74, 6) is 0. The van der Waals surface area contributed by atoms with Gasteiger partial charge in [0, 0.05) is 0 Å². The second kappa shape index (κ2) is 11.2. The predicted octanol–water partition coefficient (Wildman–Crippen LogP) is 3.30. The Balaban J connectivity index is 3.72. The zero-order chi connectivity index (χ0) is 15.4. The van der Waals surface area contributed by atoms with Crippen molar-refractivity contribution in [2.24, 2.45) is 0 Å². The average Bonchev–Trinajstić information content (AvgIpc) is 2.37. The lowest BCUT2D eigenvalue weighted by Crippen LogP contribution is -2.40. The van der Waals surface area contributed by atoms with Gasteiger partial charge in [-0.2, -0.15) is 0 Å². The average molecular weight is 302 g/mol. The Morgan fingerprint density at radius 3 is 1.55 bits per heavy atom. The molecule has 20 heavy (non-hydrogen) atoms. The third-order valence-corrected chi connectivity index (χ3v) is 5.52. The quantitative estimate of drug-likeness (QED) is 0.297. The van der Waals surface area contributed by atoms with Crippen molar-refractivity contribution in [2.45, 2.75) is 33.4 Å². The van der Waals surface area contributed by atoms with Gasteiger partial charge in [-0.3, -0.25) is 0 Å². The van der Waals surface area contributed by atoms with E-state index in [-0.39, 0.29) is 0 Å². The van der Waals surface area contributed by atoms with E-state index in [2.05, 4.69) is 26.6 Å². The fourth-order valence-corrected chi connectivity index (χ4v) is 2.89. The van der Waals surface area contributed by atoms with Gasteiger partial charge < -0.3 is 18.3 Å². The van der Waals surface area contributed by atoms with Crippen molar-refractivity contribution in [3.8, 4) is 0 Å². The van der Waals surface area contributed by atoms with Gasteiger partial charge in [0.2, 0.25) is 0 Å². The normalized spacial score (nSPS) is 11.6. The Hall–Kier alpha value is -0.463. The van der Waals surface area contributed by atoms with Crippen LogP contribution in [0.4, 0.5) is 0 Å². The maximum atomic E-state index is 5.88. The molecule has 0 fully saturated rings. The maximum absolute atomic E-state index is 5.88. The lowest BCUT2D eigenvalue weighted by Gasteiger charge is -2.25. The SMILES string of the molecule is C=C(C)COCCO[Si](C)(CC)OCCOCC(=C)C. The molecule has 0 unspecified atom stereocenters. The highest BCUT2D eigenvalue weighted by Crippen LogP contribution is 2.12. The summed E-state index contributed by atoms with van der Waals surface area (Å²) in [5, 5.41) is 0. The van der Waals surface area contributed by atoms with Crippen LogP contribution in [0.3, 0.4) is 0 Å². The molecule has 0 saturated carbocycles. The third-order valence-electron chi connectivity index (χ3n) is 2.61. The molecular formula is C15H30O4Si. The minimum atomic E-state index is -2.08. The molecule has 0 aromatic heterocycles. The second-order valence-electron chi connectivity index (χ2n) is 5.20. The number of rotatable bonds is 13. The van der Waals surface area contributed by atoms with Crippen molar-refractivity contribution in [2.75, 3.05) is 39.6 Å². The molecular weight excluding hydrogens is 272 g/mol. The van der Waals surface area contributed by atoms with Crippen LogP contribution >= 0.6 is 0 Å². The van der Waals surface area contributed by atoms with Gasteiger partial charge in [0.15, 0.2) is 0 Å². The first-order valence-electron chi connectivity index (χ1n) is 7.12. The number of hydrogen-bond acceptors (Lipinski definition) is 4. The van der Waals surface area contributed by atoms with Gasteiger partial charge in [-0.25, -0.2) is 0 Å². The summed E-state index contributed by atoms with van der Waals surface area (Å²) in [7, 11) is -2.08. The molecule has 0 aromatic carbocycles. The van der Waals surface area contributed by atoms with E-state index in [9.17, 15) is 0 Å². The molecule has 0 aliphatic carbocycles. The van der Waals surface area contributed by atoms with Crippen LogP contribution in [-0.2, 0) is 18.3 Å². The molecule has 5 heteroatoms. The molecule has 0 aliphatic rings. The minimum absolute atomic E-state index is 0.566. The van der Waals surface area contributed by atoms with Gasteiger partial charge in [-0.05, 0) is 26.4 Å². The van der Waals surface area contributed by atoms with Gasteiger partial charge in [0.05, 0.1) is 39.6 Å². The van der Waals surface area contributed by atoms with Crippen molar-refractivity contribution in [3.63, 3.8) is 0 Å². The van der Waals surface area contributed by atoms with Crippen LogP contribution < -0.4 is 0 Å². The summed E-state index contributed by atoms with van der Waals surface area (Å²) in [6, 6.07) is 0.911. The smallest absolute Gasteiger partial charge is 0.334 e. The first-order valence-corrected chi connectivity index (χ1v) is 9.64. The standard InChI is InChI=1S/C15H30O4Si/c1-7-20(6,18-10-8-16-12-14(2)3)19-11-9-17-13-15(4)5/h2,4,7-13H2,1,3,5-6H3. The molecule has 0 saturated heterocycles. The van der Waals surface area contributed by atoms with Crippen LogP contribution in [0.2, 0.25) is 12.6 Å². The van der Waals surface area contributed by atoms with E-state index in [0.29, 0.717) is 39.6 Å². The lowest BCUT2D eigenvalue weighted by atomic mass is 10.4. The highest BCUT2D eigenvalue weighted by Gasteiger charge is 2.28. The molecule has 0 aliphatic heterocycles. The summed E-state index contributed by atoms with van der Waals surface area (Å²) in [5.41, 5.74) is 2.04. The van der Waals surface area contributed by atoms with Crippen molar-refractivity contribution in [1.29, 1.82) is 0 Å². The monoisotopic (exact) mass is 302 g/mol. The van der Waals surface area contributed by atoms with Gasteiger partial charge in [-0.1, -0.05) is 31.2 Å². The van der Waals surface area contributed by atoms with Gasteiger partial charge in [0.25, 0.3) is 0 Å². The largest absolute Gasteiger partial charge is 0.392 e. The summed E-state index contributed by atoms with van der Waals surface area (Å²) < 4.78 is 22.6. The van der Waals surface area contributed by atoms with Gasteiger partial charge >= 0.3 is 8.56 Å². The van der Waals surface area contributed by atoms with Crippen LogP contribution in [0, 0.1) is 0 Å². The molecule has 0 N–H and O–H groups in total. The van der Waals surface area contributed by atoms with Crippen molar-refractivity contribution >= 4 is 8.56 Å². The Bertz CT molecular complexity index is 268. The van der Waals surface area contributed by atoms with Crippen LogP contribution in [-0.4, -0.2) is 48.2 Å². The molecule has 0 atom stereocenters. The zero-order valence-electron chi connectivity index (χ0n) is 13.5. The fraction of sp³-hybridized carbons (Fsp3) is 0.733. The maximum Gasteiger partial charge on any atom is 0.334 e. The van der Waals surface area contributed by atoms with E-state index >= 15 is 0 Å². The lowest BCUT2D eigenvalue weighted by molar-refractivity contribution is 0.0710. The Kier molecular flexibility index (Phi) is 11.0. The van der Waals surface area contributed by atoms with Crippen LogP contribution in [0.5, 0.6) is 0 Å². The van der Waals surface area contributed by atoms with Crippen LogP contribution in [0.15, 0.2) is 24.3 Å². The van der Waals surface area contributed by atoms with E-state index in [1.54, 1.807) is 0 Å². The molecule has 0 amide bonds. The summed E-state index contributed by atoms with van der Waals surface area (Å²) in [6.45, 7) is 19.1. The molecule has 4 nitrogen and oxygen atoms in total. The van der Waals surface area contributed by atoms with Gasteiger partial charge in [-0.15, -0.1) is 0 Å². The highest BCUT2D eigenvalue weighted by atomic mass is 28.4. The molecule has 0 radical (unpaired) electrons. The van der Waals surface area contributed by atoms with Crippen molar-refractivity contribution < 1.29 is 18.3 Å². The summed E-state index contributed by atoms with van der Waals surface area (Å²) >= 11 is 0. The highest BCUT2D eigenvalue weighted by molar-refractivity contribution is 6.65. The van der Waals surface area contributed by atoms with Crippen molar-refractivity contribution in [3.05, 3.63) is 24.3 Å². The summed E-state index contributed by atoms with van der Waals surface area (Å²) in [4.78, 5) is 0. The first kappa shape index (κ1) is 19.5. The van der Waals surface area contributed by atoms with Gasteiger partial charge in [0.1, 0.15) is 0 Å². The van der Waals surface area contributed by atoms with E-state index in [1.807, 2.05) is 13.8 Å². The molecule has 0 spiro atoms. The molecule has 118 valence electrons. The Labute approximate surface area is 125 Å². The second-order valence-corrected chi connectivity index (χ2v) is 8.76. The fourth-order valence-electron chi connectivity index (χ4n) is 1.37. The zero-order valence-corrected chi connectivity index (χ0v) is 14.5. The van der Waals surface area contributed by atoms with E-state index < -0.39 is 8.56 Å².